The van der Waals surface area contributed by atoms with Crippen LogP contribution in [0.4, 0.5) is 0 Å². The van der Waals surface area contributed by atoms with Crippen molar-refractivity contribution in [3.05, 3.63) is 27.2 Å². The highest BCUT2D eigenvalue weighted by Gasteiger charge is 2.30. The molecule has 9 heteroatoms. The molecule has 0 bridgehead atoms. The van der Waals surface area contributed by atoms with Crippen LogP contribution in [0.2, 0.25) is 0 Å². The Labute approximate surface area is 202 Å². The molecule has 1 unspecified atom stereocenters. The highest BCUT2D eigenvalue weighted by molar-refractivity contribution is 5.85. The predicted molar refractivity (Wildman–Crippen MR) is 134 cm³/mol. The number of nitrogens with zero attached hydrogens (tertiary/aromatic N) is 5. The highest BCUT2D eigenvalue weighted by Crippen LogP contribution is 2.34. The quantitative estimate of drug-likeness (QED) is 0.395. The molecule has 1 aliphatic carbocycles. The Morgan fingerprint density at radius 1 is 1.18 bits per heavy atom. The maximum atomic E-state index is 13.2. The molecule has 2 aromatic heterocycles. The summed E-state index contributed by atoms with van der Waals surface area (Å²) in [6.07, 6.45) is 6.26. The van der Waals surface area contributed by atoms with Crippen molar-refractivity contribution in [2.45, 2.75) is 91.0 Å². The molecule has 3 rings (SSSR count). The van der Waals surface area contributed by atoms with Crippen LogP contribution < -0.4 is 11.2 Å². The van der Waals surface area contributed by atoms with Crippen LogP contribution in [0.1, 0.15) is 72.3 Å². The number of aliphatic hydroxyl groups is 1. The molecule has 1 N–H and O–H groups in total. The number of aromatic nitrogens is 4. The van der Waals surface area contributed by atoms with Gasteiger partial charge in [-0.05, 0) is 58.5 Å². The van der Waals surface area contributed by atoms with E-state index in [4.69, 9.17) is 0 Å². The number of hydrogen-bond donors (Lipinski definition) is 1. The lowest BCUT2D eigenvalue weighted by Crippen LogP contribution is -2.40. The normalized spacial score (nSPS) is 15.2. The van der Waals surface area contributed by atoms with Crippen LogP contribution in [0.15, 0.2) is 15.9 Å². The molecule has 0 radical (unpaired) electrons. The first kappa shape index (κ1) is 27.2. The molecule has 1 aliphatic rings. The standard InChI is InChI=1S/C24H37N5O3.ClH/c1-5-15-27-18-25-21-20(27)22(30)28(23(31)29(21)19-11-12-19)17-9-8-13-24(4,32)14-10-16-26(6-2)7-3;/h18-19,32H,5-9,11-13,15-17H2,1-4H3;1H. The topological polar surface area (TPSA) is 85.3 Å². The van der Waals surface area contributed by atoms with Gasteiger partial charge in [0.1, 0.15) is 5.60 Å². The Hall–Kier alpha value is -2.08. The SMILES string of the molecule is CCCn1cnc2c1c(=O)n(CCCCC(C)(O)C#CCN(CC)CC)c(=O)n2C1CC1.Cl. The molecule has 2 aromatic rings. The van der Waals surface area contributed by atoms with Gasteiger partial charge in [-0.15, -0.1) is 12.4 Å². The Balaban J connectivity index is 0.00000385. The monoisotopic (exact) mass is 479 g/mol. The fourth-order valence-corrected chi connectivity index (χ4v) is 4.06. The van der Waals surface area contributed by atoms with E-state index in [9.17, 15) is 14.7 Å². The highest BCUT2D eigenvalue weighted by atomic mass is 35.5. The number of imidazole rings is 1. The molecule has 0 saturated heterocycles. The molecular weight excluding hydrogens is 442 g/mol. The summed E-state index contributed by atoms with van der Waals surface area (Å²) in [4.78, 5) is 32.9. The summed E-state index contributed by atoms with van der Waals surface area (Å²) >= 11 is 0. The van der Waals surface area contributed by atoms with Crippen LogP contribution in [0.5, 0.6) is 0 Å². The van der Waals surface area contributed by atoms with E-state index in [-0.39, 0.29) is 29.7 Å². The zero-order valence-corrected chi connectivity index (χ0v) is 21.2. The first-order valence-corrected chi connectivity index (χ1v) is 12.0. The van der Waals surface area contributed by atoms with Crippen molar-refractivity contribution in [1.82, 2.24) is 23.6 Å². The first-order chi connectivity index (χ1) is 15.3. The molecule has 1 fully saturated rings. The predicted octanol–water partition coefficient (Wildman–Crippen LogP) is 2.79. The van der Waals surface area contributed by atoms with E-state index in [0.717, 1.165) is 32.4 Å². The van der Waals surface area contributed by atoms with Crippen LogP contribution in [0.3, 0.4) is 0 Å². The van der Waals surface area contributed by atoms with Gasteiger partial charge in [0, 0.05) is 19.1 Å². The lowest BCUT2D eigenvalue weighted by atomic mass is 9.99. The second-order valence-corrected chi connectivity index (χ2v) is 8.94. The van der Waals surface area contributed by atoms with Crippen molar-refractivity contribution >= 4 is 23.6 Å². The summed E-state index contributed by atoms with van der Waals surface area (Å²) in [6, 6.07) is 0.142. The first-order valence-electron chi connectivity index (χ1n) is 12.0. The molecule has 33 heavy (non-hydrogen) atoms. The average Bonchev–Trinajstić information content (AvgIpc) is 3.50. The second-order valence-electron chi connectivity index (χ2n) is 8.94. The third-order valence-corrected chi connectivity index (χ3v) is 6.16. The molecule has 2 heterocycles. The Morgan fingerprint density at radius 3 is 2.48 bits per heavy atom. The zero-order chi connectivity index (χ0) is 23.3. The fraction of sp³-hybridized carbons (Fsp3) is 0.708. The number of halogens is 1. The summed E-state index contributed by atoms with van der Waals surface area (Å²) < 4.78 is 4.93. The number of hydrogen-bond acceptors (Lipinski definition) is 5. The average molecular weight is 480 g/mol. The maximum absolute atomic E-state index is 13.2. The van der Waals surface area contributed by atoms with Crippen molar-refractivity contribution in [3.8, 4) is 11.8 Å². The number of fused-ring (bicyclic) bond motifs is 1. The van der Waals surface area contributed by atoms with E-state index in [1.54, 1.807) is 17.8 Å². The van der Waals surface area contributed by atoms with Crippen molar-refractivity contribution in [3.63, 3.8) is 0 Å². The van der Waals surface area contributed by atoms with Crippen molar-refractivity contribution < 1.29 is 5.11 Å². The minimum atomic E-state index is -1.07. The molecule has 0 spiro atoms. The molecule has 0 amide bonds. The van der Waals surface area contributed by atoms with Gasteiger partial charge in [-0.25, -0.2) is 9.78 Å². The van der Waals surface area contributed by atoms with Crippen molar-refractivity contribution in [1.29, 1.82) is 0 Å². The number of aryl methyl sites for hydroxylation is 1. The maximum Gasteiger partial charge on any atom is 0.332 e. The Morgan fingerprint density at radius 2 is 1.88 bits per heavy atom. The van der Waals surface area contributed by atoms with Gasteiger partial charge in [-0.3, -0.25) is 18.8 Å². The van der Waals surface area contributed by atoms with E-state index in [1.165, 1.54) is 4.57 Å². The summed E-state index contributed by atoms with van der Waals surface area (Å²) in [5, 5.41) is 10.6. The van der Waals surface area contributed by atoms with E-state index in [1.807, 2.05) is 4.57 Å². The van der Waals surface area contributed by atoms with Crippen LogP contribution in [0, 0.1) is 11.8 Å². The van der Waals surface area contributed by atoms with E-state index >= 15 is 0 Å². The van der Waals surface area contributed by atoms with Crippen LogP contribution >= 0.6 is 12.4 Å². The molecule has 0 aliphatic heterocycles. The summed E-state index contributed by atoms with van der Waals surface area (Å²) in [5.41, 5.74) is -0.571. The van der Waals surface area contributed by atoms with Gasteiger partial charge in [-0.2, -0.15) is 0 Å². The van der Waals surface area contributed by atoms with E-state index in [0.29, 0.717) is 50.1 Å². The summed E-state index contributed by atoms with van der Waals surface area (Å²) in [7, 11) is 0. The lowest BCUT2D eigenvalue weighted by molar-refractivity contribution is 0.108. The smallest absolute Gasteiger partial charge is 0.332 e. The Kier molecular flexibility index (Phi) is 9.77. The van der Waals surface area contributed by atoms with Gasteiger partial charge in [-0.1, -0.05) is 32.6 Å². The third kappa shape index (κ3) is 6.50. The van der Waals surface area contributed by atoms with E-state index < -0.39 is 5.60 Å². The second kappa shape index (κ2) is 11.9. The van der Waals surface area contributed by atoms with E-state index in [2.05, 4.69) is 42.5 Å². The van der Waals surface area contributed by atoms with Gasteiger partial charge in [0.15, 0.2) is 11.2 Å². The minimum Gasteiger partial charge on any atom is -0.378 e. The largest absolute Gasteiger partial charge is 0.378 e. The molecule has 8 nitrogen and oxygen atoms in total. The van der Waals surface area contributed by atoms with Crippen LogP contribution in [-0.2, 0) is 13.1 Å². The van der Waals surface area contributed by atoms with Crippen LogP contribution in [0.25, 0.3) is 11.2 Å². The van der Waals surface area contributed by atoms with Gasteiger partial charge in [0.25, 0.3) is 5.56 Å². The van der Waals surface area contributed by atoms with Gasteiger partial charge in [0.05, 0.1) is 12.9 Å². The van der Waals surface area contributed by atoms with Gasteiger partial charge < -0.3 is 9.67 Å². The van der Waals surface area contributed by atoms with Gasteiger partial charge in [0.2, 0.25) is 0 Å². The molecule has 184 valence electrons. The Bertz CT molecular complexity index is 1100. The van der Waals surface area contributed by atoms with Crippen LogP contribution in [-0.4, -0.2) is 53.9 Å². The number of unbranched alkanes of at least 4 members (excludes halogenated alkanes) is 1. The van der Waals surface area contributed by atoms with Crippen molar-refractivity contribution in [2.75, 3.05) is 19.6 Å². The molecule has 1 saturated carbocycles. The number of rotatable bonds is 11. The molecular formula is C24H38ClN5O3. The lowest BCUT2D eigenvalue weighted by Gasteiger charge is -2.18. The van der Waals surface area contributed by atoms with Gasteiger partial charge >= 0.3 is 5.69 Å². The summed E-state index contributed by atoms with van der Waals surface area (Å²) in [6.45, 7) is 11.5. The fourth-order valence-electron chi connectivity index (χ4n) is 4.06. The molecule has 0 aromatic carbocycles. The minimum absolute atomic E-state index is 0. The third-order valence-electron chi connectivity index (χ3n) is 6.16. The van der Waals surface area contributed by atoms with Crippen molar-refractivity contribution in [2.24, 2.45) is 0 Å². The summed E-state index contributed by atoms with van der Waals surface area (Å²) in [5.74, 6) is 6.05. The molecule has 1 atom stereocenters. The zero-order valence-electron chi connectivity index (χ0n) is 20.3.